The summed E-state index contributed by atoms with van der Waals surface area (Å²) in [5.74, 6) is 2.34. The van der Waals surface area contributed by atoms with E-state index in [9.17, 15) is 0 Å². The van der Waals surface area contributed by atoms with Crippen molar-refractivity contribution in [1.29, 1.82) is 0 Å². The van der Waals surface area contributed by atoms with Gasteiger partial charge in [0.25, 0.3) is 0 Å². The molecule has 1 aliphatic rings. The lowest BCUT2D eigenvalue weighted by Gasteiger charge is -2.23. The molecular weight excluding hydrogens is 348 g/mol. The molecule has 1 aliphatic heterocycles. The number of methoxy groups -OCH3 is 1. The smallest absolute Gasteiger partial charge is 0.229 e. The molecule has 0 atom stereocenters. The summed E-state index contributed by atoms with van der Waals surface area (Å²) in [5, 5.41) is 3.35. The number of hydrogen-bond donors (Lipinski definition) is 1. The molecule has 0 aliphatic carbocycles. The van der Waals surface area contributed by atoms with E-state index in [0.717, 1.165) is 41.6 Å². The van der Waals surface area contributed by atoms with Gasteiger partial charge in [0.1, 0.15) is 11.6 Å². The summed E-state index contributed by atoms with van der Waals surface area (Å²) in [6.45, 7) is 2.08. The second-order valence-corrected chi connectivity index (χ2v) is 7.03. The second kappa shape index (κ2) is 8.74. The standard InChI is InChI=1S/C23H26N4O/c1-28-21-14-8-7-13-19(21)24-23-25-20(18-11-5-4-6-12-18)17-22(26-23)27-15-9-2-3-10-16-27/h4-8,11-14,17H,2-3,9-10,15-16H2,1H3,(H,24,25,26). The quantitative estimate of drug-likeness (QED) is 0.659. The van der Waals surface area contributed by atoms with E-state index in [-0.39, 0.29) is 0 Å². The van der Waals surface area contributed by atoms with Crippen molar-refractivity contribution in [3.63, 3.8) is 0 Å². The van der Waals surface area contributed by atoms with Gasteiger partial charge in [-0.25, -0.2) is 4.98 Å². The SMILES string of the molecule is COc1ccccc1Nc1nc(-c2ccccc2)cc(N2CCCCCC2)n1. The van der Waals surface area contributed by atoms with E-state index < -0.39 is 0 Å². The molecule has 0 unspecified atom stereocenters. The molecule has 144 valence electrons. The van der Waals surface area contributed by atoms with Crippen LogP contribution in [0.3, 0.4) is 0 Å². The molecule has 2 heterocycles. The molecule has 1 aromatic heterocycles. The van der Waals surface area contributed by atoms with Gasteiger partial charge in [-0.05, 0) is 25.0 Å². The summed E-state index contributed by atoms with van der Waals surface area (Å²) < 4.78 is 5.47. The van der Waals surface area contributed by atoms with Gasteiger partial charge in [0.05, 0.1) is 18.5 Å². The minimum Gasteiger partial charge on any atom is -0.495 e. The van der Waals surface area contributed by atoms with Crippen molar-refractivity contribution in [2.24, 2.45) is 0 Å². The minimum absolute atomic E-state index is 0.588. The fourth-order valence-electron chi connectivity index (χ4n) is 3.58. The van der Waals surface area contributed by atoms with Gasteiger partial charge in [0, 0.05) is 24.7 Å². The van der Waals surface area contributed by atoms with Gasteiger partial charge in [0.2, 0.25) is 5.95 Å². The third-order valence-corrected chi connectivity index (χ3v) is 5.07. The number of benzene rings is 2. The highest BCUT2D eigenvalue weighted by Gasteiger charge is 2.15. The first-order chi connectivity index (χ1) is 13.8. The highest BCUT2D eigenvalue weighted by molar-refractivity contribution is 5.68. The van der Waals surface area contributed by atoms with Crippen LogP contribution in [0.25, 0.3) is 11.3 Å². The summed E-state index contributed by atoms with van der Waals surface area (Å²) in [7, 11) is 1.67. The highest BCUT2D eigenvalue weighted by atomic mass is 16.5. The predicted octanol–water partition coefficient (Wildman–Crippen LogP) is 5.28. The number of ether oxygens (including phenoxy) is 1. The van der Waals surface area contributed by atoms with Gasteiger partial charge in [-0.15, -0.1) is 0 Å². The van der Waals surface area contributed by atoms with Crippen molar-refractivity contribution in [2.75, 3.05) is 30.4 Å². The fourth-order valence-corrected chi connectivity index (χ4v) is 3.58. The molecule has 1 fully saturated rings. The summed E-state index contributed by atoms with van der Waals surface area (Å²) in [4.78, 5) is 12.0. The number of anilines is 3. The Labute approximate surface area is 166 Å². The van der Waals surface area contributed by atoms with Gasteiger partial charge in [-0.3, -0.25) is 0 Å². The van der Waals surface area contributed by atoms with E-state index in [1.54, 1.807) is 7.11 Å². The van der Waals surface area contributed by atoms with E-state index in [1.165, 1.54) is 25.7 Å². The summed E-state index contributed by atoms with van der Waals surface area (Å²) in [6, 6.07) is 20.2. The van der Waals surface area contributed by atoms with Crippen molar-refractivity contribution in [3.05, 3.63) is 60.7 Å². The van der Waals surface area contributed by atoms with Crippen LogP contribution < -0.4 is 15.0 Å². The molecule has 0 saturated carbocycles. The molecule has 5 heteroatoms. The zero-order valence-electron chi connectivity index (χ0n) is 16.3. The van der Waals surface area contributed by atoms with Crippen LogP contribution in [0.1, 0.15) is 25.7 Å². The maximum absolute atomic E-state index is 5.47. The first kappa shape index (κ1) is 18.3. The lowest BCUT2D eigenvalue weighted by atomic mass is 10.1. The predicted molar refractivity (Wildman–Crippen MR) is 114 cm³/mol. The summed E-state index contributed by atoms with van der Waals surface area (Å²) >= 11 is 0. The zero-order valence-corrected chi connectivity index (χ0v) is 16.3. The van der Waals surface area contributed by atoms with Crippen LogP contribution in [0.4, 0.5) is 17.5 Å². The van der Waals surface area contributed by atoms with Gasteiger partial charge in [-0.2, -0.15) is 4.98 Å². The number of hydrogen-bond acceptors (Lipinski definition) is 5. The van der Waals surface area contributed by atoms with Gasteiger partial charge in [0.15, 0.2) is 0 Å². The Hall–Kier alpha value is -3.08. The van der Waals surface area contributed by atoms with Crippen LogP contribution in [0, 0.1) is 0 Å². The number of nitrogens with one attached hydrogen (secondary N) is 1. The van der Waals surface area contributed by atoms with Crippen LogP contribution in [-0.4, -0.2) is 30.2 Å². The Bertz CT molecular complexity index is 905. The number of aromatic nitrogens is 2. The average molecular weight is 374 g/mol. The molecule has 28 heavy (non-hydrogen) atoms. The topological polar surface area (TPSA) is 50.3 Å². The summed E-state index contributed by atoms with van der Waals surface area (Å²) in [6.07, 6.45) is 5.00. The highest BCUT2D eigenvalue weighted by Crippen LogP contribution is 2.29. The molecule has 0 amide bonds. The third kappa shape index (κ3) is 4.25. The van der Waals surface area contributed by atoms with E-state index >= 15 is 0 Å². The molecule has 0 radical (unpaired) electrons. The molecule has 2 aromatic carbocycles. The number of nitrogens with zero attached hydrogens (tertiary/aromatic N) is 3. The zero-order chi connectivity index (χ0) is 19.2. The Morgan fingerprint density at radius 2 is 1.57 bits per heavy atom. The van der Waals surface area contributed by atoms with Crippen molar-refractivity contribution < 1.29 is 4.74 Å². The van der Waals surface area contributed by atoms with Crippen molar-refractivity contribution >= 4 is 17.5 Å². The Balaban J connectivity index is 1.73. The molecule has 3 aromatic rings. The van der Waals surface area contributed by atoms with Crippen LogP contribution in [0.5, 0.6) is 5.75 Å². The second-order valence-electron chi connectivity index (χ2n) is 7.03. The van der Waals surface area contributed by atoms with Crippen LogP contribution in [-0.2, 0) is 0 Å². The largest absolute Gasteiger partial charge is 0.495 e. The monoisotopic (exact) mass is 374 g/mol. The van der Waals surface area contributed by atoms with E-state index in [2.05, 4.69) is 28.4 Å². The first-order valence-corrected chi connectivity index (χ1v) is 9.93. The van der Waals surface area contributed by atoms with E-state index in [1.807, 2.05) is 42.5 Å². The molecule has 5 nitrogen and oxygen atoms in total. The van der Waals surface area contributed by atoms with E-state index in [4.69, 9.17) is 14.7 Å². The lowest BCUT2D eigenvalue weighted by molar-refractivity contribution is 0.417. The Morgan fingerprint density at radius 3 is 2.32 bits per heavy atom. The maximum atomic E-state index is 5.47. The molecule has 1 saturated heterocycles. The van der Waals surface area contributed by atoms with Crippen molar-refractivity contribution in [1.82, 2.24) is 9.97 Å². The van der Waals surface area contributed by atoms with Crippen molar-refractivity contribution in [3.8, 4) is 17.0 Å². The molecule has 4 rings (SSSR count). The number of rotatable bonds is 5. The minimum atomic E-state index is 0.588. The molecular formula is C23H26N4O. The van der Waals surface area contributed by atoms with Crippen LogP contribution >= 0.6 is 0 Å². The van der Waals surface area contributed by atoms with Gasteiger partial charge < -0.3 is 15.0 Å². The van der Waals surface area contributed by atoms with Gasteiger partial charge in [-0.1, -0.05) is 55.3 Å². The van der Waals surface area contributed by atoms with Crippen molar-refractivity contribution in [2.45, 2.75) is 25.7 Å². The lowest BCUT2D eigenvalue weighted by Crippen LogP contribution is -2.25. The molecule has 0 spiro atoms. The third-order valence-electron chi connectivity index (χ3n) is 5.07. The van der Waals surface area contributed by atoms with Gasteiger partial charge >= 0.3 is 0 Å². The fraction of sp³-hybridized carbons (Fsp3) is 0.304. The molecule has 0 bridgehead atoms. The van der Waals surface area contributed by atoms with Crippen LogP contribution in [0.15, 0.2) is 60.7 Å². The summed E-state index contributed by atoms with van der Waals surface area (Å²) in [5.41, 5.74) is 2.87. The normalized spacial score (nSPS) is 14.4. The van der Waals surface area contributed by atoms with E-state index in [0.29, 0.717) is 5.95 Å². The molecule has 1 N–H and O–H groups in total. The Kier molecular flexibility index (Phi) is 5.71. The number of para-hydroxylation sites is 2. The average Bonchev–Trinajstić information content (AvgIpc) is 3.04. The first-order valence-electron chi connectivity index (χ1n) is 9.93. The Morgan fingerprint density at radius 1 is 0.857 bits per heavy atom. The van der Waals surface area contributed by atoms with Crippen LogP contribution in [0.2, 0.25) is 0 Å². The maximum Gasteiger partial charge on any atom is 0.229 e.